The normalized spacial score (nSPS) is 14.3. The van der Waals surface area contributed by atoms with Crippen molar-refractivity contribution in [3.05, 3.63) is 48.5 Å². The fourth-order valence-corrected chi connectivity index (χ4v) is 3.20. The molecule has 2 aromatic carbocycles. The molecule has 0 spiro atoms. The molecule has 25 heavy (non-hydrogen) atoms. The maximum absolute atomic E-state index is 9.64. The molecule has 2 aromatic rings. The number of benzene rings is 2. The maximum Gasteiger partial charge on any atom is 0.173 e. The quantitative estimate of drug-likeness (QED) is 0.819. The fraction of sp³-hybridized carbons (Fsp3) is 0.316. The maximum atomic E-state index is 9.64. The van der Waals surface area contributed by atoms with Gasteiger partial charge in [-0.15, -0.1) is 0 Å². The molecule has 3 rings (SSSR count). The second-order valence-electron chi connectivity index (χ2n) is 5.85. The summed E-state index contributed by atoms with van der Waals surface area (Å²) in [5.74, 6) is 1.11. The van der Waals surface area contributed by atoms with Gasteiger partial charge in [-0.05, 0) is 43.4 Å². The highest BCUT2D eigenvalue weighted by Gasteiger charge is 2.20. The Hall–Kier alpha value is -2.47. The van der Waals surface area contributed by atoms with Crippen molar-refractivity contribution in [1.29, 1.82) is 0 Å². The third kappa shape index (κ3) is 4.33. The second-order valence-corrected chi connectivity index (χ2v) is 6.24. The number of nitrogens with one attached hydrogen (secondary N) is 1. The Balaban J connectivity index is 1.59. The van der Waals surface area contributed by atoms with E-state index in [2.05, 4.69) is 15.1 Å². The summed E-state index contributed by atoms with van der Waals surface area (Å²) < 4.78 is 5.64. The molecule has 1 saturated heterocycles. The summed E-state index contributed by atoms with van der Waals surface area (Å²) in [6.07, 6.45) is 0. The minimum atomic E-state index is 0.296. The summed E-state index contributed by atoms with van der Waals surface area (Å²) >= 11 is 5.58. The van der Waals surface area contributed by atoms with Crippen LogP contribution in [0.15, 0.2) is 48.5 Å². The first kappa shape index (κ1) is 17.4. The van der Waals surface area contributed by atoms with Crippen LogP contribution in [0.4, 0.5) is 11.4 Å². The van der Waals surface area contributed by atoms with Crippen molar-refractivity contribution in [3.63, 3.8) is 0 Å². The van der Waals surface area contributed by atoms with Gasteiger partial charge in [0.05, 0.1) is 12.3 Å². The predicted octanol–water partition coefficient (Wildman–Crippen LogP) is 3.31. The predicted molar refractivity (Wildman–Crippen MR) is 106 cm³/mol. The molecule has 0 aliphatic carbocycles. The lowest BCUT2D eigenvalue weighted by molar-refractivity contribution is 0.341. The van der Waals surface area contributed by atoms with Crippen molar-refractivity contribution < 1.29 is 9.84 Å². The summed E-state index contributed by atoms with van der Waals surface area (Å²) in [6.45, 7) is 5.97. The van der Waals surface area contributed by atoms with E-state index in [-0.39, 0.29) is 0 Å². The second kappa shape index (κ2) is 8.07. The highest BCUT2D eigenvalue weighted by Crippen LogP contribution is 2.25. The van der Waals surface area contributed by atoms with E-state index < -0.39 is 0 Å². The number of piperazine rings is 1. The average molecular weight is 357 g/mol. The van der Waals surface area contributed by atoms with Crippen LogP contribution in [0.5, 0.6) is 11.5 Å². The van der Waals surface area contributed by atoms with Gasteiger partial charge in [0.2, 0.25) is 0 Å². The minimum absolute atomic E-state index is 0.296. The number of phenolic OH excluding ortho intramolecular Hbond substituents is 1. The van der Waals surface area contributed by atoms with E-state index in [0.29, 0.717) is 17.5 Å². The Morgan fingerprint density at radius 3 is 2.60 bits per heavy atom. The van der Waals surface area contributed by atoms with E-state index in [4.69, 9.17) is 17.0 Å². The topological polar surface area (TPSA) is 48.0 Å². The molecule has 0 saturated carbocycles. The molecule has 0 atom stereocenters. The molecular formula is C19H23N3O2S. The van der Waals surface area contributed by atoms with Crippen molar-refractivity contribution in [2.75, 3.05) is 43.0 Å². The van der Waals surface area contributed by atoms with Crippen molar-refractivity contribution in [2.24, 2.45) is 0 Å². The highest BCUT2D eigenvalue weighted by molar-refractivity contribution is 7.80. The number of rotatable bonds is 4. The molecule has 6 heteroatoms. The Labute approximate surface area is 153 Å². The largest absolute Gasteiger partial charge is 0.508 e. The smallest absolute Gasteiger partial charge is 0.173 e. The Bertz CT molecular complexity index is 730. The molecule has 132 valence electrons. The van der Waals surface area contributed by atoms with E-state index in [0.717, 1.165) is 43.3 Å². The molecule has 0 unspecified atom stereocenters. The van der Waals surface area contributed by atoms with Gasteiger partial charge in [-0.1, -0.05) is 18.2 Å². The number of thiocarbonyl (C=S) groups is 1. The molecular weight excluding hydrogens is 334 g/mol. The van der Waals surface area contributed by atoms with Crippen molar-refractivity contribution in [1.82, 2.24) is 4.90 Å². The third-order valence-corrected chi connectivity index (χ3v) is 4.55. The van der Waals surface area contributed by atoms with E-state index in [1.807, 2.05) is 43.3 Å². The molecule has 2 N–H and O–H groups in total. The third-order valence-electron chi connectivity index (χ3n) is 4.19. The monoisotopic (exact) mass is 357 g/mol. The van der Waals surface area contributed by atoms with Crippen LogP contribution in [-0.4, -0.2) is 47.9 Å². The lowest BCUT2D eigenvalue weighted by atomic mass is 10.2. The van der Waals surface area contributed by atoms with Crippen LogP contribution in [-0.2, 0) is 0 Å². The SMILES string of the molecule is CCOc1ccccc1NC(=S)N1CCN(c2cccc(O)c2)CC1. The van der Waals surface area contributed by atoms with E-state index in [9.17, 15) is 5.11 Å². The van der Waals surface area contributed by atoms with Crippen molar-refractivity contribution >= 4 is 28.7 Å². The first-order valence-corrected chi connectivity index (χ1v) is 8.90. The fourth-order valence-electron chi connectivity index (χ4n) is 2.90. The standard InChI is InChI=1S/C19H23N3O2S/c1-2-24-18-9-4-3-8-17(18)20-19(25)22-12-10-21(11-13-22)15-6-5-7-16(23)14-15/h3-9,14,23H,2,10-13H2,1H3,(H,20,25). The van der Waals surface area contributed by atoms with E-state index in [1.54, 1.807) is 12.1 Å². The van der Waals surface area contributed by atoms with Crippen molar-refractivity contribution in [2.45, 2.75) is 6.92 Å². The first-order chi connectivity index (χ1) is 12.2. The summed E-state index contributed by atoms with van der Waals surface area (Å²) in [7, 11) is 0. The number of nitrogens with zero attached hydrogens (tertiary/aromatic N) is 2. The summed E-state index contributed by atoms with van der Waals surface area (Å²) in [5, 5.41) is 13.7. The Kier molecular flexibility index (Phi) is 5.60. The van der Waals surface area contributed by atoms with Crippen LogP contribution in [0.2, 0.25) is 0 Å². The molecule has 1 fully saturated rings. The molecule has 0 amide bonds. The lowest BCUT2D eigenvalue weighted by Gasteiger charge is -2.37. The number of aromatic hydroxyl groups is 1. The molecule has 1 heterocycles. The van der Waals surface area contributed by atoms with Crippen LogP contribution >= 0.6 is 12.2 Å². The van der Waals surface area contributed by atoms with Crippen LogP contribution in [0.3, 0.4) is 0 Å². The zero-order valence-corrected chi connectivity index (χ0v) is 15.1. The van der Waals surface area contributed by atoms with Gasteiger partial charge in [0.25, 0.3) is 0 Å². The van der Waals surface area contributed by atoms with Gasteiger partial charge in [0, 0.05) is 37.9 Å². The van der Waals surface area contributed by atoms with Crippen molar-refractivity contribution in [3.8, 4) is 11.5 Å². The van der Waals surface area contributed by atoms with Gasteiger partial charge in [-0.3, -0.25) is 0 Å². The number of hydrogen-bond donors (Lipinski definition) is 2. The van der Waals surface area contributed by atoms with Gasteiger partial charge >= 0.3 is 0 Å². The average Bonchev–Trinajstić information content (AvgIpc) is 2.64. The molecule has 5 nitrogen and oxygen atoms in total. The molecule has 1 aliphatic heterocycles. The first-order valence-electron chi connectivity index (χ1n) is 8.49. The molecule has 0 bridgehead atoms. The van der Waals surface area contributed by atoms with Gasteiger partial charge in [0.1, 0.15) is 11.5 Å². The van der Waals surface area contributed by atoms with Gasteiger partial charge in [-0.25, -0.2) is 0 Å². The summed E-state index contributed by atoms with van der Waals surface area (Å²) in [4.78, 5) is 4.42. The summed E-state index contributed by atoms with van der Waals surface area (Å²) in [5.41, 5.74) is 1.94. The zero-order valence-electron chi connectivity index (χ0n) is 14.3. The van der Waals surface area contributed by atoms with Crippen LogP contribution in [0.25, 0.3) is 0 Å². The number of para-hydroxylation sites is 2. The van der Waals surface area contributed by atoms with Gasteiger partial charge in [0.15, 0.2) is 5.11 Å². The van der Waals surface area contributed by atoms with Crippen LogP contribution < -0.4 is 15.0 Å². The molecule has 0 aromatic heterocycles. The molecule has 0 radical (unpaired) electrons. The Morgan fingerprint density at radius 2 is 1.88 bits per heavy atom. The zero-order chi connectivity index (χ0) is 17.6. The van der Waals surface area contributed by atoms with E-state index in [1.165, 1.54) is 0 Å². The minimum Gasteiger partial charge on any atom is -0.508 e. The van der Waals surface area contributed by atoms with Crippen LogP contribution in [0.1, 0.15) is 6.92 Å². The summed E-state index contributed by atoms with van der Waals surface area (Å²) in [6, 6.07) is 15.2. The van der Waals surface area contributed by atoms with Gasteiger partial charge in [-0.2, -0.15) is 0 Å². The number of hydrogen-bond acceptors (Lipinski definition) is 4. The number of anilines is 2. The van der Waals surface area contributed by atoms with E-state index >= 15 is 0 Å². The highest BCUT2D eigenvalue weighted by atomic mass is 32.1. The lowest BCUT2D eigenvalue weighted by Crippen LogP contribution is -2.50. The Morgan fingerprint density at radius 1 is 1.12 bits per heavy atom. The van der Waals surface area contributed by atoms with Crippen LogP contribution in [0, 0.1) is 0 Å². The number of ether oxygens (including phenoxy) is 1. The molecule has 1 aliphatic rings. The van der Waals surface area contributed by atoms with Gasteiger partial charge < -0.3 is 25.0 Å². The number of phenols is 1.